The number of piperazine rings is 1. The molecule has 2 aliphatic rings. The average Bonchev–Trinajstić information content (AvgIpc) is 3.22. The van der Waals surface area contributed by atoms with E-state index in [0.29, 0.717) is 13.0 Å². The Hall–Kier alpha value is -1.95. The van der Waals surface area contributed by atoms with Gasteiger partial charge in [0.05, 0.1) is 6.54 Å². The summed E-state index contributed by atoms with van der Waals surface area (Å²) < 4.78 is 0. The first-order valence-electron chi connectivity index (χ1n) is 9.99. The number of hydrogen-bond donors (Lipinski definition) is 1. The maximum atomic E-state index is 12.2. The molecular weight excluding hydrogens is 362 g/mol. The predicted molar refractivity (Wildman–Crippen MR) is 112 cm³/mol. The number of anilines is 1. The molecule has 1 N–H and O–H groups in total. The molecule has 1 aromatic rings. The highest BCUT2D eigenvalue weighted by Crippen LogP contribution is 2.20. The number of carbonyl (C=O) groups excluding carboxylic acids is 1. The van der Waals surface area contributed by atoms with Gasteiger partial charge in [-0.1, -0.05) is 17.7 Å². The highest BCUT2D eigenvalue weighted by Gasteiger charge is 2.21. The highest BCUT2D eigenvalue weighted by atomic mass is 35.5. The minimum Gasteiger partial charge on any atom is -0.368 e. The molecule has 0 bridgehead atoms. The van der Waals surface area contributed by atoms with Crippen LogP contribution in [0.15, 0.2) is 29.3 Å². The maximum absolute atomic E-state index is 12.2. The second kappa shape index (κ2) is 9.83. The number of halogens is 1. The Morgan fingerprint density at radius 2 is 1.85 bits per heavy atom. The molecule has 0 unspecified atom stereocenters. The van der Waals surface area contributed by atoms with E-state index in [1.165, 1.54) is 5.69 Å². The summed E-state index contributed by atoms with van der Waals surface area (Å²) in [6, 6.07) is 8.01. The zero-order chi connectivity index (χ0) is 19.1. The van der Waals surface area contributed by atoms with E-state index in [9.17, 15) is 4.79 Å². The van der Waals surface area contributed by atoms with E-state index in [1.54, 1.807) is 0 Å². The SMILES string of the molecule is CCNC(=NCCC(=O)N1CCCC1)N1CCN(c2cccc(Cl)c2)CC1. The molecule has 2 saturated heterocycles. The van der Waals surface area contributed by atoms with Gasteiger partial charge >= 0.3 is 0 Å². The van der Waals surface area contributed by atoms with Gasteiger partial charge in [-0.3, -0.25) is 9.79 Å². The second-order valence-electron chi connectivity index (χ2n) is 7.03. The first kappa shape index (κ1) is 19.8. The lowest BCUT2D eigenvalue weighted by Crippen LogP contribution is -2.52. The van der Waals surface area contributed by atoms with Crippen molar-refractivity contribution in [3.63, 3.8) is 0 Å². The van der Waals surface area contributed by atoms with Crippen LogP contribution < -0.4 is 10.2 Å². The molecule has 3 rings (SSSR count). The van der Waals surface area contributed by atoms with Crippen molar-refractivity contribution in [2.24, 2.45) is 4.99 Å². The molecule has 0 radical (unpaired) electrons. The molecular formula is C20H30ClN5O. The minimum atomic E-state index is 0.234. The van der Waals surface area contributed by atoms with Crippen LogP contribution >= 0.6 is 11.6 Å². The predicted octanol–water partition coefficient (Wildman–Crippen LogP) is 2.44. The fourth-order valence-electron chi connectivity index (χ4n) is 3.66. The van der Waals surface area contributed by atoms with Gasteiger partial charge in [0.25, 0.3) is 0 Å². The number of nitrogens with one attached hydrogen (secondary N) is 1. The van der Waals surface area contributed by atoms with Gasteiger partial charge in [0.15, 0.2) is 5.96 Å². The summed E-state index contributed by atoms with van der Waals surface area (Å²) in [5, 5.41) is 4.14. The summed E-state index contributed by atoms with van der Waals surface area (Å²) >= 11 is 6.12. The summed E-state index contributed by atoms with van der Waals surface area (Å²) in [5.74, 6) is 1.15. The summed E-state index contributed by atoms with van der Waals surface area (Å²) in [5.41, 5.74) is 1.17. The molecule has 7 heteroatoms. The van der Waals surface area contributed by atoms with Crippen LogP contribution in [-0.2, 0) is 4.79 Å². The molecule has 2 aliphatic heterocycles. The van der Waals surface area contributed by atoms with Crippen molar-refractivity contribution in [3.8, 4) is 0 Å². The van der Waals surface area contributed by atoms with Crippen molar-refractivity contribution in [2.75, 3.05) is 57.3 Å². The van der Waals surface area contributed by atoms with Crippen molar-refractivity contribution in [1.29, 1.82) is 0 Å². The summed E-state index contributed by atoms with van der Waals surface area (Å²) in [4.78, 5) is 23.5. The number of likely N-dealkylation sites (tertiary alicyclic amines) is 1. The van der Waals surface area contributed by atoms with E-state index >= 15 is 0 Å². The van der Waals surface area contributed by atoms with Crippen molar-refractivity contribution in [2.45, 2.75) is 26.2 Å². The van der Waals surface area contributed by atoms with Crippen LogP contribution in [-0.4, -0.2) is 74.0 Å². The van der Waals surface area contributed by atoms with Gasteiger partial charge < -0.3 is 20.0 Å². The largest absolute Gasteiger partial charge is 0.368 e. The first-order valence-corrected chi connectivity index (χ1v) is 10.4. The van der Waals surface area contributed by atoms with Gasteiger partial charge in [0.2, 0.25) is 5.91 Å². The van der Waals surface area contributed by atoms with Crippen molar-refractivity contribution < 1.29 is 4.79 Å². The Balaban J connectivity index is 1.51. The van der Waals surface area contributed by atoms with E-state index < -0.39 is 0 Å². The molecule has 0 saturated carbocycles. The van der Waals surface area contributed by atoms with Crippen LogP contribution in [0.2, 0.25) is 5.02 Å². The topological polar surface area (TPSA) is 51.2 Å². The summed E-state index contributed by atoms with van der Waals surface area (Å²) in [7, 11) is 0. The van der Waals surface area contributed by atoms with Crippen LogP contribution in [0.3, 0.4) is 0 Å². The van der Waals surface area contributed by atoms with Crippen LogP contribution in [0.4, 0.5) is 5.69 Å². The third-order valence-corrected chi connectivity index (χ3v) is 5.37. The van der Waals surface area contributed by atoms with Crippen LogP contribution in [0.5, 0.6) is 0 Å². The quantitative estimate of drug-likeness (QED) is 0.618. The van der Waals surface area contributed by atoms with Crippen LogP contribution in [0, 0.1) is 0 Å². The first-order chi connectivity index (χ1) is 13.2. The van der Waals surface area contributed by atoms with E-state index in [-0.39, 0.29) is 5.91 Å². The second-order valence-corrected chi connectivity index (χ2v) is 7.46. The summed E-state index contributed by atoms with van der Waals surface area (Å²) in [6.45, 7) is 8.93. The number of nitrogens with zero attached hydrogens (tertiary/aromatic N) is 4. The monoisotopic (exact) mass is 391 g/mol. The van der Waals surface area contributed by atoms with Crippen LogP contribution in [0.25, 0.3) is 0 Å². The minimum absolute atomic E-state index is 0.234. The van der Waals surface area contributed by atoms with E-state index in [1.807, 2.05) is 23.1 Å². The molecule has 1 aromatic carbocycles. The molecule has 0 atom stereocenters. The lowest BCUT2D eigenvalue weighted by Gasteiger charge is -2.37. The fourth-order valence-corrected chi connectivity index (χ4v) is 3.84. The molecule has 2 heterocycles. The molecule has 6 nitrogen and oxygen atoms in total. The Morgan fingerprint density at radius 1 is 1.11 bits per heavy atom. The van der Waals surface area contributed by atoms with Gasteiger partial charge in [-0.2, -0.15) is 0 Å². The van der Waals surface area contributed by atoms with Gasteiger partial charge in [0, 0.05) is 62.9 Å². The Bertz CT molecular complexity index is 652. The standard InChI is InChI=1S/C20H30ClN5O/c1-2-22-20(23-9-8-19(27)25-10-3-4-11-25)26-14-12-24(13-15-26)18-7-5-6-17(21)16-18/h5-7,16H,2-4,8-15H2,1H3,(H,22,23). The van der Waals surface area contributed by atoms with E-state index in [4.69, 9.17) is 16.6 Å². The lowest BCUT2D eigenvalue weighted by molar-refractivity contribution is -0.129. The molecule has 27 heavy (non-hydrogen) atoms. The molecule has 1 amide bonds. The molecule has 2 fully saturated rings. The number of benzene rings is 1. The third-order valence-electron chi connectivity index (χ3n) is 5.13. The van der Waals surface area contributed by atoms with Crippen LogP contribution in [0.1, 0.15) is 26.2 Å². The lowest BCUT2D eigenvalue weighted by atomic mass is 10.2. The average molecular weight is 392 g/mol. The zero-order valence-electron chi connectivity index (χ0n) is 16.2. The highest BCUT2D eigenvalue weighted by molar-refractivity contribution is 6.30. The van der Waals surface area contributed by atoms with Crippen molar-refractivity contribution in [3.05, 3.63) is 29.3 Å². The Morgan fingerprint density at radius 3 is 2.52 bits per heavy atom. The number of aliphatic imine (C=N–C) groups is 1. The van der Waals surface area contributed by atoms with Gasteiger partial charge in [-0.15, -0.1) is 0 Å². The number of amides is 1. The number of hydrogen-bond acceptors (Lipinski definition) is 3. The van der Waals surface area contributed by atoms with E-state index in [0.717, 1.165) is 69.6 Å². The molecule has 0 aromatic heterocycles. The molecule has 0 aliphatic carbocycles. The normalized spacial score (nSPS) is 18.1. The number of guanidine groups is 1. The smallest absolute Gasteiger partial charge is 0.224 e. The van der Waals surface area contributed by atoms with Crippen molar-refractivity contribution >= 4 is 29.2 Å². The summed E-state index contributed by atoms with van der Waals surface area (Å²) in [6.07, 6.45) is 2.76. The fraction of sp³-hybridized carbons (Fsp3) is 0.600. The van der Waals surface area contributed by atoms with Gasteiger partial charge in [-0.05, 0) is 38.0 Å². The third kappa shape index (κ3) is 5.51. The van der Waals surface area contributed by atoms with Crippen molar-refractivity contribution in [1.82, 2.24) is 15.1 Å². The van der Waals surface area contributed by atoms with Gasteiger partial charge in [-0.25, -0.2) is 0 Å². The number of rotatable bonds is 5. The Kier molecular flexibility index (Phi) is 7.21. The molecule has 148 valence electrons. The van der Waals surface area contributed by atoms with E-state index in [2.05, 4.69) is 28.1 Å². The Labute approximate surface area is 167 Å². The zero-order valence-corrected chi connectivity index (χ0v) is 16.9. The number of carbonyl (C=O) groups is 1. The van der Waals surface area contributed by atoms with Gasteiger partial charge in [0.1, 0.15) is 0 Å². The maximum Gasteiger partial charge on any atom is 0.224 e. The molecule has 0 spiro atoms.